The highest BCUT2D eigenvalue weighted by atomic mass is 16.5. The first-order valence-electron chi connectivity index (χ1n) is 9.57. The number of ether oxygens (including phenoxy) is 2. The summed E-state index contributed by atoms with van der Waals surface area (Å²) in [6, 6.07) is 13.6. The van der Waals surface area contributed by atoms with E-state index in [4.69, 9.17) is 9.47 Å². The predicted molar refractivity (Wildman–Crippen MR) is 111 cm³/mol. The van der Waals surface area contributed by atoms with Gasteiger partial charge >= 0.3 is 6.03 Å². The summed E-state index contributed by atoms with van der Waals surface area (Å²) in [5, 5.41) is 8.41. The van der Waals surface area contributed by atoms with E-state index in [1.54, 1.807) is 19.1 Å². The third kappa shape index (κ3) is 4.68. The van der Waals surface area contributed by atoms with Crippen LogP contribution in [0.2, 0.25) is 0 Å². The minimum absolute atomic E-state index is 0.318. The first-order valence-corrected chi connectivity index (χ1v) is 9.57. The van der Waals surface area contributed by atoms with Crippen molar-refractivity contribution in [3.63, 3.8) is 0 Å². The highest BCUT2D eigenvalue weighted by molar-refractivity contribution is 6.07. The van der Waals surface area contributed by atoms with Gasteiger partial charge in [-0.05, 0) is 50.6 Å². The van der Waals surface area contributed by atoms with Crippen molar-refractivity contribution in [1.29, 1.82) is 0 Å². The van der Waals surface area contributed by atoms with E-state index >= 15 is 0 Å². The summed E-state index contributed by atoms with van der Waals surface area (Å²) < 4.78 is 11.1. The molecule has 152 valence electrons. The lowest BCUT2D eigenvalue weighted by Gasteiger charge is -2.29. The summed E-state index contributed by atoms with van der Waals surface area (Å²) in [6.07, 6.45) is 0. The van der Waals surface area contributed by atoms with Crippen LogP contribution in [0.5, 0.6) is 11.5 Å². The number of allylic oxidation sites excluding steroid dienone is 1. The van der Waals surface area contributed by atoms with Gasteiger partial charge in [0.05, 0.1) is 30.5 Å². The molecule has 0 radical (unpaired) electrons. The molecule has 2 aromatic carbocycles. The lowest BCUT2D eigenvalue weighted by atomic mass is 9.94. The molecule has 3 N–H and O–H groups in total. The van der Waals surface area contributed by atoms with Crippen molar-refractivity contribution in [2.24, 2.45) is 0 Å². The molecular formula is C22H25N3O4. The summed E-state index contributed by atoms with van der Waals surface area (Å²) in [5.74, 6) is 1.00. The Morgan fingerprint density at radius 1 is 1.03 bits per heavy atom. The van der Waals surface area contributed by atoms with Crippen molar-refractivity contribution in [2.45, 2.75) is 26.8 Å². The Labute approximate surface area is 170 Å². The first-order chi connectivity index (χ1) is 14.0. The van der Waals surface area contributed by atoms with Crippen LogP contribution in [0.4, 0.5) is 10.5 Å². The normalized spacial score (nSPS) is 16.0. The minimum atomic E-state index is -0.585. The molecular weight excluding hydrogens is 370 g/mol. The van der Waals surface area contributed by atoms with Crippen LogP contribution in [-0.4, -0.2) is 25.2 Å². The van der Waals surface area contributed by atoms with Gasteiger partial charge in [0, 0.05) is 5.70 Å². The zero-order valence-corrected chi connectivity index (χ0v) is 16.7. The highest BCUT2D eigenvalue weighted by Gasteiger charge is 2.31. The molecule has 0 fully saturated rings. The Kier molecular flexibility index (Phi) is 6.39. The van der Waals surface area contributed by atoms with Gasteiger partial charge in [-0.25, -0.2) is 4.79 Å². The Balaban J connectivity index is 1.90. The largest absolute Gasteiger partial charge is 0.494 e. The zero-order chi connectivity index (χ0) is 20.8. The highest BCUT2D eigenvalue weighted by Crippen LogP contribution is 2.30. The second-order valence-corrected chi connectivity index (χ2v) is 6.46. The molecule has 1 aliphatic heterocycles. The number of urea groups is 1. The van der Waals surface area contributed by atoms with E-state index in [0.29, 0.717) is 35.9 Å². The van der Waals surface area contributed by atoms with E-state index in [2.05, 4.69) is 16.0 Å². The SMILES string of the molecule is CCOc1ccc([C@@H]2NC(=O)NC(C)=C2C(=O)Nc2ccccc2OCC)cc1. The molecule has 1 aliphatic rings. The summed E-state index contributed by atoms with van der Waals surface area (Å²) in [7, 11) is 0. The fourth-order valence-corrected chi connectivity index (χ4v) is 3.21. The number of amides is 3. The standard InChI is InChI=1S/C22H25N3O4/c1-4-28-16-12-10-15(11-13-16)20-19(14(3)23-22(27)25-20)21(26)24-17-8-6-7-9-18(17)29-5-2/h6-13,20H,4-5H2,1-3H3,(H,24,26)(H2,23,25,27)/t20-/m0/s1. The number of hydrogen-bond donors (Lipinski definition) is 3. The van der Waals surface area contributed by atoms with E-state index in [-0.39, 0.29) is 11.9 Å². The average Bonchev–Trinajstić information content (AvgIpc) is 2.70. The summed E-state index contributed by atoms with van der Waals surface area (Å²) in [6.45, 7) is 6.56. The van der Waals surface area contributed by atoms with Crippen molar-refractivity contribution in [3.05, 3.63) is 65.4 Å². The summed E-state index contributed by atoms with van der Waals surface area (Å²) in [5.41, 5.74) is 2.28. The van der Waals surface area contributed by atoms with Gasteiger partial charge in [0.1, 0.15) is 11.5 Å². The van der Waals surface area contributed by atoms with Gasteiger partial charge < -0.3 is 25.4 Å². The lowest BCUT2D eigenvalue weighted by molar-refractivity contribution is -0.113. The van der Waals surface area contributed by atoms with Crippen molar-refractivity contribution < 1.29 is 19.1 Å². The minimum Gasteiger partial charge on any atom is -0.494 e. The van der Waals surface area contributed by atoms with Gasteiger partial charge in [0.2, 0.25) is 0 Å². The third-order valence-corrected chi connectivity index (χ3v) is 4.47. The number of benzene rings is 2. The lowest BCUT2D eigenvalue weighted by Crippen LogP contribution is -2.45. The van der Waals surface area contributed by atoms with Gasteiger partial charge in [-0.3, -0.25) is 4.79 Å². The Morgan fingerprint density at radius 3 is 2.41 bits per heavy atom. The predicted octanol–water partition coefficient (Wildman–Crippen LogP) is 3.75. The molecule has 7 nitrogen and oxygen atoms in total. The first kappa shape index (κ1) is 20.3. The molecule has 1 atom stereocenters. The van der Waals surface area contributed by atoms with Crippen molar-refractivity contribution in [2.75, 3.05) is 18.5 Å². The van der Waals surface area contributed by atoms with Crippen LogP contribution < -0.4 is 25.4 Å². The molecule has 7 heteroatoms. The third-order valence-electron chi connectivity index (χ3n) is 4.47. The molecule has 2 aromatic rings. The Bertz CT molecular complexity index is 922. The molecule has 3 rings (SSSR count). The van der Waals surface area contributed by atoms with Crippen LogP contribution in [0.1, 0.15) is 32.4 Å². The maximum Gasteiger partial charge on any atom is 0.319 e. The molecule has 0 aromatic heterocycles. The Hall–Kier alpha value is -3.48. The van der Waals surface area contributed by atoms with Crippen LogP contribution in [0, 0.1) is 0 Å². The van der Waals surface area contributed by atoms with Gasteiger partial charge in [-0.15, -0.1) is 0 Å². The van der Waals surface area contributed by atoms with Gasteiger partial charge in [0.25, 0.3) is 5.91 Å². The number of hydrogen-bond acceptors (Lipinski definition) is 4. The summed E-state index contributed by atoms with van der Waals surface area (Å²) in [4.78, 5) is 25.2. The van der Waals surface area contributed by atoms with Crippen LogP contribution >= 0.6 is 0 Å². The van der Waals surface area contributed by atoms with Gasteiger partial charge in [-0.1, -0.05) is 24.3 Å². The van der Waals surface area contributed by atoms with Crippen LogP contribution in [-0.2, 0) is 4.79 Å². The van der Waals surface area contributed by atoms with Crippen molar-refractivity contribution in [3.8, 4) is 11.5 Å². The van der Waals surface area contributed by atoms with E-state index in [0.717, 1.165) is 11.3 Å². The fourth-order valence-electron chi connectivity index (χ4n) is 3.21. The topological polar surface area (TPSA) is 88.7 Å². The van der Waals surface area contributed by atoms with Crippen molar-refractivity contribution in [1.82, 2.24) is 10.6 Å². The number of rotatable bonds is 7. The van der Waals surface area contributed by atoms with Gasteiger partial charge in [-0.2, -0.15) is 0 Å². The molecule has 0 saturated heterocycles. The van der Waals surface area contributed by atoms with Crippen LogP contribution in [0.3, 0.4) is 0 Å². The average molecular weight is 395 g/mol. The number of nitrogens with one attached hydrogen (secondary N) is 3. The number of anilines is 1. The molecule has 0 unspecified atom stereocenters. The van der Waals surface area contributed by atoms with Crippen molar-refractivity contribution >= 4 is 17.6 Å². The maximum absolute atomic E-state index is 13.2. The molecule has 0 saturated carbocycles. The Morgan fingerprint density at radius 2 is 1.72 bits per heavy atom. The van der Waals surface area contributed by atoms with Crippen LogP contribution in [0.15, 0.2) is 59.8 Å². The maximum atomic E-state index is 13.2. The molecule has 0 bridgehead atoms. The fraction of sp³-hybridized carbons (Fsp3) is 0.273. The smallest absolute Gasteiger partial charge is 0.319 e. The molecule has 1 heterocycles. The van der Waals surface area contributed by atoms with E-state index in [1.165, 1.54) is 0 Å². The van der Waals surface area contributed by atoms with Gasteiger partial charge in [0.15, 0.2) is 0 Å². The van der Waals surface area contributed by atoms with Crippen LogP contribution in [0.25, 0.3) is 0 Å². The van der Waals surface area contributed by atoms with E-state index in [1.807, 2.05) is 50.2 Å². The number of carbonyl (C=O) groups is 2. The summed E-state index contributed by atoms with van der Waals surface area (Å²) >= 11 is 0. The molecule has 0 spiro atoms. The van der Waals surface area contributed by atoms with E-state index < -0.39 is 6.04 Å². The number of para-hydroxylation sites is 2. The zero-order valence-electron chi connectivity index (χ0n) is 16.7. The second-order valence-electron chi connectivity index (χ2n) is 6.46. The number of carbonyl (C=O) groups excluding carboxylic acids is 2. The molecule has 29 heavy (non-hydrogen) atoms. The monoisotopic (exact) mass is 395 g/mol. The second kappa shape index (κ2) is 9.14. The molecule has 0 aliphatic carbocycles. The van der Waals surface area contributed by atoms with E-state index in [9.17, 15) is 9.59 Å². The molecule has 3 amide bonds. The quantitative estimate of drug-likeness (QED) is 0.666.